The number of hydrogen-bond acceptors (Lipinski definition) is 8. The third-order valence-electron chi connectivity index (χ3n) is 2.71. The van der Waals surface area contributed by atoms with Crippen LogP contribution in [-0.2, 0) is 10.2 Å². The van der Waals surface area contributed by atoms with E-state index in [4.69, 9.17) is 0 Å². The summed E-state index contributed by atoms with van der Waals surface area (Å²) >= 11 is 4.23. The maximum Gasteiger partial charge on any atom is 0.236 e. The molecule has 0 aliphatic rings. The van der Waals surface area contributed by atoms with Gasteiger partial charge in [-0.3, -0.25) is 4.79 Å². The Balaban J connectivity index is 1.56. The summed E-state index contributed by atoms with van der Waals surface area (Å²) in [5.74, 6) is 0.194. The molecule has 0 fully saturated rings. The van der Waals surface area contributed by atoms with Gasteiger partial charge in [0.1, 0.15) is 6.33 Å². The van der Waals surface area contributed by atoms with Crippen LogP contribution in [0.4, 0.5) is 5.13 Å². The maximum atomic E-state index is 12.0. The van der Waals surface area contributed by atoms with Crippen LogP contribution in [-0.4, -0.2) is 36.5 Å². The van der Waals surface area contributed by atoms with E-state index in [1.54, 1.807) is 10.8 Å². The topological polar surface area (TPSA) is 85.1 Å². The first kappa shape index (κ1) is 15.4. The Bertz CT molecular complexity index is 771. The molecule has 0 atom stereocenters. The third kappa shape index (κ3) is 3.45. The van der Waals surface area contributed by atoms with Crippen molar-refractivity contribution >= 4 is 50.4 Å². The predicted octanol–water partition coefficient (Wildman–Crippen LogP) is 2.67. The first-order valence-corrected chi connectivity index (χ1v) is 9.15. The highest BCUT2D eigenvalue weighted by Gasteiger charge is 2.18. The van der Waals surface area contributed by atoms with Crippen molar-refractivity contribution in [2.75, 3.05) is 11.1 Å². The van der Waals surface area contributed by atoms with Gasteiger partial charge in [0.15, 0.2) is 9.47 Å². The summed E-state index contributed by atoms with van der Waals surface area (Å²) in [7, 11) is 0. The van der Waals surface area contributed by atoms with Crippen LogP contribution in [0.5, 0.6) is 0 Å². The molecule has 10 heteroatoms. The van der Waals surface area contributed by atoms with Crippen LogP contribution in [0.25, 0.3) is 4.96 Å². The fraction of sp³-hybridized carbons (Fsp3) is 0.417. The highest BCUT2D eigenvalue weighted by Crippen LogP contribution is 2.27. The van der Waals surface area contributed by atoms with E-state index in [0.29, 0.717) is 5.13 Å². The second kappa shape index (κ2) is 5.94. The van der Waals surface area contributed by atoms with Crippen molar-refractivity contribution in [3.05, 3.63) is 17.4 Å². The summed E-state index contributed by atoms with van der Waals surface area (Å²) < 4.78 is 2.39. The quantitative estimate of drug-likeness (QED) is 0.725. The Hall–Kier alpha value is -1.52. The number of anilines is 1. The van der Waals surface area contributed by atoms with Gasteiger partial charge in [0, 0.05) is 10.8 Å². The highest BCUT2D eigenvalue weighted by molar-refractivity contribution is 8.01. The number of nitrogens with one attached hydrogen (secondary N) is 1. The summed E-state index contributed by atoms with van der Waals surface area (Å²) in [5.41, 5.74) is 0.965. The van der Waals surface area contributed by atoms with Crippen molar-refractivity contribution in [2.24, 2.45) is 0 Å². The monoisotopic (exact) mass is 354 g/mol. The summed E-state index contributed by atoms with van der Waals surface area (Å²) in [4.78, 5) is 17.1. The van der Waals surface area contributed by atoms with E-state index in [-0.39, 0.29) is 17.1 Å². The lowest BCUT2D eigenvalue weighted by Gasteiger charge is -2.14. The zero-order chi connectivity index (χ0) is 15.7. The molecule has 0 aromatic carbocycles. The Labute approximate surface area is 139 Å². The lowest BCUT2D eigenvalue weighted by atomic mass is 9.93. The van der Waals surface area contributed by atoms with Crippen molar-refractivity contribution in [3.8, 4) is 0 Å². The van der Waals surface area contributed by atoms with E-state index in [0.717, 1.165) is 15.0 Å². The summed E-state index contributed by atoms with van der Waals surface area (Å²) in [6.07, 6.45) is 1.54. The van der Waals surface area contributed by atoms with Crippen molar-refractivity contribution in [2.45, 2.75) is 30.5 Å². The molecule has 3 aromatic heterocycles. The number of hydrogen-bond donors (Lipinski definition) is 1. The van der Waals surface area contributed by atoms with Crippen molar-refractivity contribution < 1.29 is 4.79 Å². The van der Waals surface area contributed by atoms with E-state index in [2.05, 4.69) is 46.4 Å². The maximum absolute atomic E-state index is 12.0. The highest BCUT2D eigenvalue weighted by atomic mass is 32.2. The van der Waals surface area contributed by atoms with E-state index >= 15 is 0 Å². The number of amides is 1. The number of fused-ring (bicyclic) bond motifs is 1. The van der Waals surface area contributed by atoms with Gasteiger partial charge in [-0.25, -0.2) is 4.98 Å². The average Bonchev–Trinajstić information content (AvgIpc) is 3.09. The van der Waals surface area contributed by atoms with Crippen molar-refractivity contribution in [1.82, 2.24) is 24.8 Å². The Morgan fingerprint density at radius 3 is 2.95 bits per heavy atom. The van der Waals surface area contributed by atoms with Gasteiger partial charge in [-0.2, -0.15) is 4.52 Å². The summed E-state index contributed by atoms with van der Waals surface area (Å²) in [6, 6.07) is 0. The molecule has 3 aromatic rings. The molecule has 0 saturated carbocycles. The average molecular weight is 354 g/mol. The molecule has 0 unspecified atom stereocenters. The zero-order valence-corrected chi connectivity index (χ0v) is 14.7. The lowest BCUT2D eigenvalue weighted by molar-refractivity contribution is -0.113. The molecule has 0 aliphatic heterocycles. The summed E-state index contributed by atoms with van der Waals surface area (Å²) in [6.45, 7) is 6.28. The SMILES string of the molecule is CC(C)(C)c1csc(NC(=O)CSc2nn3cnnc3s2)n1. The number of thiazole rings is 1. The van der Waals surface area contributed by atoms with Gasteiger partial charge in [0.05, 0.1) is 11.4 Å². The van der Waals surface area contributed by atoms with Gasteiger partial charge in [-0.1, -0.05) is 43.9 Å². The Kier molecular flexibility index (Phi) is 4.15. The second-order valence-electron chi connectivity index (χ2n) is 5.55. The van der Waals surface area contributed by atoms with E-state index < -0.39 is 0 Å². The molecule has 1 amide bonds. The zero-order valence-electron chi connectivity index (χ0n) is 12.2. The third-order valence-corrected chi connectivity index (χ3v) is 5.52. The molecular formula is C12H14N6OS3. The summed E-state index contributed by atoms with van der Waals surface area (Å²) in [5, 5.41) is 17.3. The Morgan fingerprint density at radius 1 is 1.45 bits per heavy atom. The molecule has 116 valence electrons. The molecule has 22 heavy (non-hydrogen) atoms. The Morgan fingerprint density at radius 2 is 2.27 bits per heavy atom. The minimum absolute atomic E-state index is 0.0159. The van der Waals surface area contributed by atoms with Gasteiger partial charge < -0.3 is 5.32 Å². The standard InChI is InChI=1S/C12H14N6OS3/c1-12(2,3)7-4-20-9(14-7)15-8(19)5-21-11-17-18-6-13-16-10(18)22-11/h4,6H,5H2,1-3H3,(H,14,15,19). The molecule has 3 rings (SSSR count). The van der Waals surface area contributed by atoms with Crippen LogP contribution >= 0.6 is 34.4 Å². The molecule has 0 bridgehead atoms. The number of carbonyl (C=O) groups is 1. The minimum atomic E-state index is -0.0919. The largest absolute Gasteiger partial charge is 0.301 e. The molecule has 0 spiro atoms. The number of aromatic nitrogens is 5. The number of nitrogens with zero attached hydrogens (tertiary/aromatic N) is 5. The molecule has 0 radical (unpaired) electrons. The molecule has 0 aliphatic carbocycles. The van der Waals surface area contributed by atoms with Crippen molar-refractivity contribution in [3.63, 3.8) is 0 Å². The van der Waals surface area contributed by atoms with Crippen LogP contribution in [0.3, 0.4) is 0 Å². The number of thioether (sulfide) groups is 1. The molecule has 1 N–H and O–H groups in total. The number of rotatable bonds is 4. The van der Waals surface area contributed by atoms with Gasteiger partial charge in [0.2, 0.25) is 10.9 Å². The van der Waals surface area contributed by atoms with E-state index in [1.807, 2.05) is 5.38 Å². The molecule has 0 saturated heterocycles. The lowest BCUT2D eigenvalue weighted by Crippen LogP contribution is -2.15. The molecular weight excluding hydrogens is 340 g/mol. The molecule has 3 heterocycles. The van der Waals surface area contributed by atoms with Gasteiger partial charge in [-0.15, -0.1) is 26.6 Å². The van der Waals surface area contributed by atoms with Crippen LogP contribution in [0.15, 0.2) is 16.0 Å². The second-order valence-corrected chi connectivity index (χ2v) is 8.59. The fourth-order valence-electron chi connectivity index (χ4n) is 1.56. The minimum Gasteiger partial charge on any atom is -0.301 e. The van der Waals surface area contributed by atoms with E-state index in [1.165, 1.54) is 34.4 Å². The predicted molar refractivity (Wildman–Crippen MR) is 88.8 cm³/mol. The first-order valence-electron chi connectivity index (χ1n) is 6.47. The van der Waals surface area contributed by atoms with Crippen LogP contribution in [0.1, 0.15) is 26.5 Å². The first-order chi connectivity index (χ1) is 10.4. The van der Waals surface area contributed by atoms with Crippen LogP contribution < -0.4 is 5.32 Å². The van der Waals surface area contributed by atoms with Gasteiger partial charge >= 0.3 is 0 Å². The normalized spacial score (nSPS) is 12.0. The van der Waals surface area contributed by atoms with Gasteiger partial charge in [0.25, 0.3) is 0 Å². The fourth-order valence-corrected chi connectivity index (χ4v) is 4.17. The van der Waals surface area contributed by atoms with Crippen molar-refractivity contribution in [1.29, 1.82) is 0 Å². The smallest absolute Gasteiger partial charge is 0.236 e. The molecule has 7 nitrogen and oxygen atoms in total. The van der Waals surface area contributed by atoms with Crippen LogP contribution in [0, 0.1) is 0 Å². The number of carbonyl (C=O) groups excluding carboxylic acids is 1. The van der Waals surface area contributed by atoms with E-state index in [9.17, 15) is 4.79 Å². The van der Waals surface area contributed by atoms with Gasteiger partial charge in [-0.05, 0) is 0 Å². The van der Waals surface area contributed by atoms with Crippen LogP contribution in [0.2, 0.25) is 0 Å².